The summed E-state index contributed by atoms with van der Waals surface area (Å²) in [6.07, 6.45) is 2.85. The summed E-state index contributed by atoms with van der Waals surface area (Å²) in [5.74, 6) is 0. The van der Waals surface area contributed by atoms with Crippen LogP contribution in [0.1, 0.15) is 24.0 Å². The number of nitrogens with two attached hydrogens (primary N) is 1. The smallest absolute Gasteiger partial charge is 0.0794 e. The van der Waals surface area contributed by atoms with Crippen LogP contribution in [0.4, 0.5) is 0 Å². The lowest BCUT2D eigenvalue weighted by atomic mass is 10.1. The highest BCUT2D eigenvalue weighted by Gasteiger charge is 2.27. The molecule has 0 spiro atoms. The Morgan fingerprint density at radius 2 is 1.75 bits per heavy atom. The average molecular weight is 333 g/mol. The molecule has 2 saturated heterocycles. The van der Waals surface area contributed by atoms with Crippen LogP contribution in [0, 0.1) is 0 Å². The highest BCUT2D eigenvalue weighted by Crippen LogP contribution is 2.18. The van der Waals surface area contributed by atoms with Crippen molar-refractivity contribution in [3.8, 4) is 0 Å². The predicted octanol–water partition coefficient (Wildman–Crippen LogP) is 0.845. The number of ether oxygens (including phenoxy) is 1. The number of β-amino-alcohol motifs (C(OH)–C–C–N with tert-alkyl or cyclic N) is 1. The zero-order valence-electron chi connectivity index (χ0n) is 14.6. The molecule has 0 radical (unpaired) electrons. The molecule has 0 aromatic heterocycles. The van der Waals surface area contributed by atoms with Gasteiger partial charge in [-0.25, -0.2) is 0 Å². The number of aliphatic hydroxyl groups is 1. The second-order valence-corrected chi connectivity index (χ2v) is 7.08. The fourth-order valence-electron chi connectivity index (χ4n) is 3.84. The maximum absolute atomic E-state index is 10.4. The van der Waals surface area contributed by atoms with Gasteiger partial charge in [-0.05, 0) is 36.9 Å². The highest BCUT2D eigenvalue weighted by atomic mass is 16.5. The minimum atomic E-state index is -0.271. The zero-order valence-corrected chi connectivity index (χ0v) is 14.6. The molecule has 0 bridgehead atoms. The Balaban J connectivity index is 1.54. The predicted molar refractivity (Wildman–Crippen MR) is 95.9 cm³/mol. The molecule has 2 aliphatic heterocycles. The largest absolute Gasteiger partial charge is 0.390 e. The van der Waals surface area contributed by atoms with E-state index < -0.39 is 0 Å². The third kappa shape index (κ3) is 5.01. The molecule has 3 rings (SSSR count). The molecule has 5 heteroatoms. The number of hydrogen-bond donors (Lipinski definition) is 2. The second-order valence-electron chi connectivity index (χ2n) is 7.08. The third-order valence-electron chi connectivity index (χ3n) is 5.19. The van der Waals surface area contributed by atoms with Crippen molar-refractivity contribution in [3.05, 3.63) is 35.4 Å². The van der Waals surface area contributed by atoms with E-state index in [-0.39, 0.29) is 6.10 Å². The standard InChI is InChI=1S/C19H31N3O2/c20-8-5-16-1-3-17(4-2-16)13-21-9-10-22(15-19(23)14-21)18-6-11-24-12-7-18/h1-4,18-19,23H,5-15,20H2/t19-/m0/s1. The summed E-state index contributed by atoms with van der Waals surface area (Å²) in [6, 6.07) is 9.30. The van der Waals surface area contributed by atoms with E-state index in [0.717, 1.165) is 65.2 Å². The van der Waals surface area contributed by atoms with Gasteiger partial charge in [-0.1, -0.05) is 24.3 Å². The molecule has 0 unspecified atom stereocenters. The van der Waals surface area contributed by atoms with Crippen molar-refractivity contribution < 1.29 is 9.84 Å². The van der Waals surface area contributed by atoms with Crippen LogP contribution >= 0.6 is 0 Å². The Kier molecular flexibility index (Phi) is 6.63. The lowest BCUT2D eigenvalue weighted by Crippen LogP contribution is -2.43. The molecular formula is C19H31N3O2. The Hall–Kier alpha value is -0.980. The van der Waals surface area contributed by atoms with Gasteiger partial charge in [0.15, 0.2) is 0 Å². The van der Waals surface area contributed by atoms with Crippen LogP contribution in [0.5, 0.6) is 0 Å². The number of benzene rings is 1. The number of nitrogens with zero attached hydrogens (tertiary/aromatic N) is 2. The van der Waals surface area contributed by atoms with Gasteiger partial charge in [-0.2, -0.15) is 0 Å². The molecule has 3 N–H and O–H groups in total. The molecule has 1 atom stereocenters. The molecule has 0 saturated carbocycles. The van der Waals surface area contributed by atoms with Crippen LogP contribution in [-0.2, 0) is 17.7 Å². The fraction of sp³-hybridized carbons (Fsp3) is 0.684. The van der Waals surface area contributed by atoms with Crippen molar-refractivity contribution in [2.75, 3.05) is 45.9 Å². The summed E-state index contributed by atoms with van der Waals surface area (Å²) in [5.41, 5.74) is 8.21. The lowest BCUT2D eigenvalue weighted by Gasteiger charge is -2.33. The molecule has 2 aliphatic rings. The number of rotatable bonds is 5. The van der Waals surface area contributed by atoms with E-state index in [9.17, 15) is 5.11 Å². The van der Waals surface area contributed by atoms with E-state index in [0.29, 0.717) is 12.6 Å². The lowest BCUT2D eigenvalue weighted by molar-refractivity contribution is 0.0217. The normalized spacial score (nSPS) is 24.8. The molecule has 1 aromatic rings. The van der Waals surface area contributed by atoms with Crippen LogP contribution in [0.25, 0.3) is 0 Å². The molecule has 134 valence electrons. The Bertz CT molecular complexity index is 488. The Morgan fingerprint density at radius 1 is 1.04 bits per heavy atom. The topological polar surface area (TPSA) is 62.0 Å². The molecule has 0 aliphatic carbocycles. The van der Waals surface area contributed by atoms with Crippen molar-refractivity contribution >= 4 is 0 Å². The van der Waals surface area contributed by atoms with E-state index in [1.807, 2.05) is 0 Å². The first kappa shape index (κ1) is 17.8. The van der Waals surface area contributed by atoms with E-state index in [4.69, 9.17) is 10.5 Å². The Morgan fingerprint density at radius 3 is 2.46 bits per heavy atom. The summed E-state index contributed by atoms with van der Waals surface area (Å²) >= 11 is 0. The monoisotopic (exact) mass is 333 g/mol. The van der Waals surface area contributed by atoms with Gasteiger partial charge >= 0.3 is 0 Å². The summed E-state index contributed by atoms with van der Waals surface area (Å²) in [7, 11) is 0. The van der Waals surface area contributed by atoms with Crippen molar-refractivity contribution in [3.63, 3.8) is 0 Å². The van der Waals surface area contributed by atoms with Crippen LogP contribution in [0.2, 0.25) is 0 Å². The second kappa shape index (κ2) is 8.92. The third-order valence-corrected chi connectivity index (χ3v) is 5.19. The van der Waals surface area contributed by atoms with Gasteiger partial charge < -0.3 is 15.6 Å². The molecule has 5 nitrogen and oxygen atoms in total. The minimum absolute atomic E-state index is 0.271. The average Bonchev–Trinajstić information content (AvgIpc) is 2.79. The van der Waals surface area contributed by atoms with Gasteiger partial charge in [-0.15, -0.1) is 0 Å². The summed E-state index contributed by atoms with van der Waals surface area (Å²) in [4.78, 5) is 4.85. The van der Waals surface area contributed by atoms with E-state index in [1.165, 1.54) is 11.1 Å². The summed E-state index contributed by atoms with van der Waals surface area (Å²) in [5, 5.41) is 10.4. The number of hydrogen-bond acceptors (Lipinski definition) is 5. The van der Waals surface area contributed by atoms with Crippen LogP contribution in [0.15, 0.2) is 24.3 Å². The van der Waals surface area contributed by atoms with Crippen molar-refractivity contribution in [1.82, 2.24) is 9.80 Å². The maximum atomic E-state index is 10.4. The van der Waals surface area contributed by atoms with Crippen LogP contribution in [-0.4, -0.2) is 73.0 Å². The molecule has 24 heavy (non-hydrogen) atoms. The van der Waals surface area contributed by atoms with Gasteiger partial charge in [0.1, 0.15) is 0 Å². The van der Waals surface area contributed by atoms with Gasteiger partial charge in [0.25, 0.3) is 0 Å². The first-order chi connectivity index (χ1) is 11.7. The number of aliphatic hydroxyl groups excluding tert-OH is 1. The summed E-state index contributed by atoms with van der Waals surface area (Å²) in [6.45, 7) is 6.90. The van der Waals surface area contributed by atoms with Crippen molar-refractivity contribution in [2.24, 2.45) is 5.73 Å². The van der Waals surface area contributed by atoms with E-state index in [1.54, 1.807) is 0 Å². The van der Waals surface area contributed by atoms with Crippen LogP contribution < -0.4 is 5.73 Å². The first-order valence-corrected chi connectivity index (χ1v) is 9.24. The van der Waals surface area contributed by atoms with Gasteiger partial charge in [0, 0.05) is 52.0 Å². The van der Waals surface area contributed by atoms with Crippen molar-refractivity contribution in [1.29, 1.82) is 0 Å². The quantitative estimate of drug-likeness (QED) is 0.836. The van der Waals surface area contributed by atoms with Gasteiger partial charge in [0.05, 0.1) is 6.10 Å². The molecular weight excluding hydrogens is 302 g/mol. The molecule has 2 heterocycles. The molecule has 1 aromatic carbocycles. The molecule has 0 amide bonds. The highest BCUT2D eigenvalue weighted by molar-refractivity contribution is 5.22. The first-order valence-electron chi connectivity index (χ1n) is 9.24. The zero-order chi connectivity index (χ0) is 16.8. The van der Waals surface area contributed by atoms with E-state index in [2.05, 4.69) is 34.1 Å². The SMILES string of the molecule is NCCc1ccc(CN2CCN(C3CCOCC3)C[C@@H](O)C2)cc1. The molecule has 2 fully saturated rings. The van der Waals surface area contributed by atoms with E-state index >= 15 is 0 Å². The fourth-order valence-corrected chi connectivity index (χ4v) is 3.84. The van der Waals surface area contributed by atoms with Crippen LogP contribution in [0.3, 0.4) is 0 Å². The maximum Gasteiger partial charge on any atom is 0.0794 e. The minimum Gasteiger partial charge on any atom is -0.390 e. The van der Waals surface area contributed by atoms with Gasteiger partial charge in [-0.3, -0.25) is 9.80 Å². The van der Waals surface area contributed by atoms with Crippen molar-refractivity contribution in [2.45, 2.75) is 38.0 Å². The Labute approximate surface area is 145 Å². The van der Waals surface area contributed by atoms with Gasteiger partial charge in [0.2, 0.25) is 0 Å². The summed E-state index contributed by atoms with van der Waals surface area (Å²) < 4.78 is 5.47.